The van der Waals surface area contributed by atoms with Crippen LogP contribution in [0.25, 0.3) is 0 Å². The number of rotatable bonds is 3. The van der Waals surface area contributed by atoms with E-state index in [-0.39, 0.29) is 18.6 Å². The van der Waals surface area contributed by atoms with Crippen molar-refractivity contribution in [1.82, 2.24) is 5.32 Å². The van der Waals surface area contributed by atoms with Crippen molar-refractivity contribution >= 4 is 0 Å². The molecular formula is C13H17NO4. The third kappa shape index (κ3) is 2.11. The van der Waals surface area contributed by atoms with Crippen molar-refractivity contribution in [2.75, 3.05) is 13.4 Å². The summed E-state index contributed by atoms with van der Waals surface area (Å²) in [6.45, 7) is 3.68. The van der Waals surface area contributed by atoms with Crippen LogP contribution in [0.2, 0.25) is 0 Å². The second-order valence-corrected chi connectivity index (χ2v) is 4.69. The first-order valence-electron chi connectivity index (χ1n) is 6.20. The summed E-state index contributed by atoms with van der Waals surface area (Å²) in [5, 5.41) is 13.3. The number of ether oxygens (including phenoxy) is 3. The summed E-state index contributed by atoms with van der Waals surface area (Å²) >= 11 is 0. The second-order valence-electron chi connectivity index (χ2n) is 4.69. The minimum Gasteiger partial charge on any atom is -0.507 e. The van der Waals surface area contributed by atoms with Crippen molar-refractivity contribution in [1.29, 1.82) is 0 Å². The van der Waals surface area contributed by atoms with Gasteiger partial charge in [0.2, 0.25) is 6.79 Å². The molecule has 2 aliphatic heterocycles. The van der Waals surface area contributed by atoms with Crippen LogP contribution in [0, 0.1) is 0 Å². The maximum absolute atomic E-state index is 9.91. The van der Waals surface area contributed by atoms with Gasteiger partial charge in [-0.3, -0.25) is 0 Å². The molecule has 0 radical (unpaired) electrons. The van der Waals surface area contributed by atoms with Gasteiger partial charge in [0.15, 0.2) is 11.5 Å². The molecule has 2 unspecified atom stereocenters. The third-order valence-electron chi connectivity index (χ3n) is 3.50. The fraction of sp³-hybridized carbons (Fsp3) is 0.538. The molecule has 98 valence electrons. The molecule has 1 saturated heterocycles. The summed E-state index contributed by atoms with van der Waals surface area (Å²) in [6.07, 6.45) is 1.23. The predicted octanol–water partition coefficient (Wildman–Crippen LogP) is 1.39. The molecule has 5 nitrogen and oxygen atoms in total. The molecule has 2 heterocycles. The summed E-state index contributed by atoms with van der Waals surface area (Å²) in [7, 11) is 0. The standard InChI is InChI=1S/C13H17NO4/c1-8-10(2-3-16-8)14-6-9-4-12-13(5-11(9)15)18-7-17-12/h4-5,8,10,14-15H,2-3,6-7H2,1H3. The third-order valence-corrected chi connectivity index (χ3v) is 3.50. The van der Waals surface area contributed by atoms with Gasteiger partial charge in [-0.2, -0.15) is 0 Å². The van der Waals surface area contributed by atoms with Gasteiger partial charge in [0.1, 0.15) is 5.75 Å². The van der Waals surface area contributed by atoms with E-state index in [1.54, 1.807) is 6.07 Å². The molecule has 2 atom stereocenters. The summed E-state index contributed by atoms with van der Waals surface area (Å²) in [5.74, 6) is 1.53. The molecule has 18 heavy (non-hydrogen) atoms. The number of phenols is 1. The molecule has 0 aliphatic carbocycles. The molecule has 1 aromatic carbocycles. The predicted molar refractivity (Wildman–Crippen MR) is 64.9 cm³/mol. The number of phenolic OH excluding ortho intramolecular Hbond substituents is 1. The van der Waals surface area contributed by atoms with Crippen molar-refractivity contribution in [3.8, 4) is 17.2 Å². The van der Waals surface area contributed by atoms with Gasteiger partial charge in [-0.15, -0.1) is 0 Å². The Morgan fingerprint density at radius 1 is 1.33 bits per heavy atom. The molecule has 1 aromatic rings. The van der Waals surface area contributed by atoms with E-state index in [1.807, 2.05) is 6.07 Å². The summed E-state index contributed by atoms with van der Waals surface area (Å²) in [5.41, 5.74) is 0.818. The molecular weight excluding hydrogens is 234 g/mol. The number of hydrogen-bond acceptors (Lipinski definition) is 5. The van der Waals surface area contributed by atoms with Crippen molar-refractivity contribution in [2.45, 2.75) is 32.0 Å². The van der Waals surface area contributed by atoms with Gasteiger partial charge in [-0.1, -0.05) is 0 Å². The Kier molecular flexibility index (Phi) is 3.01. The monoisotopic (exact) mass is 251 g/mol. The van der Waals surface area contributed by atoms with E-state index in [0.717, 1.165) is 18.6 Å². The van der Waals surface area contributed by atoms with Crippen LogP contribution in [-0.2, 0) is 11.3 Å². The van der Waals surface area contributed by atoms with E-state index in [9.17, 15) is 5.11 Å². The SMILES string of the molecule is CC1OCCC1NCc1cc2c(cc1O)OCO2. The van der Waals surface area contributed by atoms with E-state index >= 15 is 0 Å². The van der Waals surface area contributed by atoms with Crippen LogP contribution in [0.1, 0.15) is 18.9 Å². The van der Waals surface area contributed by atoms with E-state index in [0.29, 0.717) is 24.1 Å². The fourth-order valence-electron chi connectivity index (χ4n) is 2.36. The lowest BCUT2D eigenvalue weighted by Gasteiger charge is -2.16. The largest absolute Gasteiger partial charge is 0.507 e. The van der Waals surface area contributed by atoms with Crippen LogP contribution in [0.5, 0.6) is 17.2 Å². The van der Waals surface area contributed by atoms with Crippen LogP contribution in [0.15, 0.2) is 12.1 Å². The molecule has 2 aliphatic rings. The quantitative estimate of drug-likeness (QED) is 0.850. The maximum atomic E-state index is 9.91. The molecule has 0 bridgehead atoms. The molecule has 3 rings (SSSR count). The number of benzene rings is 1. The second kappa shape index (κ2) is 4.66. The Labute approximate surface area is 106 Å². The topological polar surface area (TPSA) is 60.0 Å². The van der Waals surface area contributed by atoms with E-state index in [4.69, 9.17) is 14.2 Å². The van der Waals surface area contributed by atoms with Crippen LogP contribution < -0.4 is 14.8 Å². The first kappa shape index (κ1) is 11.6. The normalized spacial score (nSPS) is 25.6. The van der Waals surface area contributed by atoms with Gasteiger partial charge < -0.3 is 24.6 Å². The first-order valence-corrected chi connectivity index (χ1v) is 6.20. The molecule has 0 saturated carbocycles. The van der Waals surface area contributed by atoms with Crippen LogP contribution in [-0.4, -0.2) is 30.7 Å². The van der Waals surface area contributed by atoms with Gasteiger partial charge in [0.05, 0.1) is 6.10 Å². The van der Waals surface area contributed by atoms with Crippen molar-refractivity contribution < 1.29 is 19.3 Å². The summed E-state index contributed by atoms with van der Waals surface area (Å²) < 4.78 is 16.0. The lowest BCUT2D eigenvalue weighted by Crippen LogP contribution is -2.34. The Morgan fingerprint density at radius 3 is 2.83 bits per heavy atom. The van der Waals surface area contributed by atoms with Crippen LogP contribution in [0.3, 0.4) is 0 Å². The highest BCUT2D eigenvalue weighted by molar-refractivity contribution is 5.51. The fourth-order valence-corrected chi connectivity index (χ4v) is 2.36. The molecule has 1 fully saturated rings. The van der Waals surface area contributed by atoms with Gasteiger partial charge in [0.25, 0.3) is 0 Å². The Hall–Kier alpha value is -1.46. The van der Waals surface area contributed by atoms with Crippen molar-refractivity contribution in [3.63, 3.8) is 0 Å². The Morgan fingerprint density at radius 2 is 2.11 bits per heavy atom. The van der Waals surface area contributed by atoms with Crippen molar-refractivity contribution in [3.05, 3.63) is 17.7 Å². The zero-order chi connectivity index (χ0) is 12.5. The molecule has 0 aromatic heterocycles. The van der Waals surface area contributed by atoms with Gasteiger partial charge >= 0.3 is 0 Å². The highest BCUT2D eigenvalue weighted by atomic mass is 16.7. The maximum Gasteiger partial charge on any atom is 0.231 e. The Bertz CT molecular complexity index is 449. The summed E-state index contributed by atoms with van der Waals surface area (Å²) in [6, 6.07) is 3.77. The van der Waals surface area contributed by atoms with Gasteiger partial charge in [-0.25, -0.2) is 0 Å². The highest BCUT2D eigenvalue weighted by Gasteiger charge is 2.24. The molecule has 2 N–H and O–H groups in total. The minimum atomic E-state index is 0.221. The Balaban J connectivity index is 1.69. The lowest BCUT2D eigenvalue weighted by atomic mass is 10.1. The van der Waals surface area contributed by atoms with Gasteiger partial charge in [0, 0.05) is 30.8 Å². The zero-order valence-electron chi connectivity index (χ0n) is 10.3. The van der Waals surface area contributed by atoms with Crippen molar-refractivity contribution in [2.24, 2.45) is 0 Å². The van der Waals surface area contributed by atoms with Crippen LogP contribution >= 0.6 is 0 Å². The van der Waals surface area contributed by atoms with E-state index in [1.165, 1.54) is 0 Å². The van der Waals surface area contributed by atoms with E-state index < -0.39 is 0 Å². The number of nitrogens with one attached hydrogen (secondary N) is 1. The average molecular weight is 251 g/mol. The summed E-state index contributed by atoms with van der Waals surface area (Å²) in [4.78, 5) is 0. The molecule has 0 amide bonds. The number of aromatic hydroxyl groups is 1. The first-order chi connectivity index (χ1) is 8.74. The lowest BCUT2D eigenvalue weighted by molar-refractivity contribution is 0.113. The zero-order valence-corrected chi connectivity index (χ0v) is 10.3. The average Bonchev–Trinajstić information content (AvgIpc) is 2.95. The smallest absolute Gasteiger partial charge is 0.231 e. The number of hydrogen-bond donors (Lipinski definition) is 2. The van der Waals surface area contributed by atoms with Crippen LogP contribution in [0.4, 0.5) is 0 Å². The van der Waals surface area contributed by atoms with E-state index in [2.05, 4.69) is 12.2 Å². The number of fused-ring (bicyclic) bond motifs is 1. The molecule has 5 heteroatoms. The minimum absolute atomic E-state index is 0.221. The molecule has 0 spiro atoms. The highest BCUT2D eigenvalue weighted by Crippen LogP contribution is 2.37. The van der Waals surface area contributed by atoms with Gasteiger partial charge in [-0.05, 0) is 19.4 Å².